The molecule has 0 saturated heterocycles. The lowest BCUT2D eigenvalue weighted by Gasteiger charge is -2.43. The van der Waals surface area contributed by atoms with E-state index < -0.39 is 0 Å². The summed E-state index contributed by atoms with van der Waals surface area (Å²) in [6, 6.07) is 6.47. The smallest absolute Gasteiger partial charge is 0.128 e. The van der Waals surface area contributed by atoms with Crippen LogP contribution < -0.4 is 10.1 Å². The second kappa shape index (κ2) is 6.16. The van der Waals surface area contributed by atoms with Crippen LogP contribution in [0.1, 0.15) is 19.8 Å². The number of ether oxygens (including phenoxy) is 2. The van der Waals surface area contributed by atoms with Crippen LogP contribution in [0.25, 0.3) is 0 Å². The Morgan fingerprint density at radius 2 is 2.06 bits per heavy atom. The lowest BCUT2D eigenvalue weighted by Crippen LogP contribution is -2.61. The molecular weight excluding hydrogens is 233 g/mol. The highest BCUT2D eigenvalue weighted by molar-refractivity contribution is 5.23. The predicted octanol–water partition coefficient (Wildman–Crippen LogP) is 2.36. The van der Waals surface area contributed by atoms with Gasteiger partial charge >= 0.3 is 0 Å². The van der Waals surface area contributed by atoms with E-state index in [2.05, 4.69) is 12.2 Å². The number of halogens is 1. The Morgan fingerprint density at radius 1 is 1.33 bits per heavy atom. The monoisotopic (exact) mass is 253 g/mol. The molecule has 4 heteroatoms. The molecule has 0 aliphatic heterocycles. The van der Waals surface area contributed by atoms with Gasteiger partial charge in [0.15, 0.2) is 0 Å². The normalized spacial score (nSPS) is 26.7. The highest BCUT2D eigenvalue weighted by Crippen LogP contribution is 2.28. The molecule has 3 nitrogen and oxygen atoms in total. The first-order chi connectivity index (χ1) is 8.74. The predicted molar refractivity (Wildman–Crippen MR) is 68.3 cm³/mol. The molecule has 0 amide bonds. The van der Waals surface area contributed by atoms with Crippen LogP contribution in [-0.2, 0) is 4.74 Å². The molecule has 1 fully saturated rings. The summed E-state index contributed by atoms with van der Waals surface area (Å²) in [5, 5.41) is 3.43. The molecule has 1 saturated carbocycles. The van der Waals surface area contributed by atoms with Crippen molar-refractivity contribution in [1.82, 2.24) is 5.32 Å². The zero-order chi connectivity index (χ0) is 13.0. The fraction of sp³-hybridized carbons (Fsp3) is 0.571. The van der Waals surface area contributed by atoms with Gasteiger partial charge in [-0.3, -0.25) is 0 Å². The molecule has 100 valence electrons. The van der Waals surface area contributed by atoms with E-state index in [9.17, 15) is 4.39 Å². The summed E-state index contributed by atoms with van der Waals surface area (Å²) < 4.78 is 24.0. The summed E-state index contributed by atoms with van der Waals surface area (Å²) in [6.07, 6.45) is 2.16. The topological polar surface area (TPSA) is 30.5 Å². The van der Waals surface area contributed by atoms with Crippen LogP contribution in [0.2, 0.25) is 0 Å². The Bertz CT molecular complexity index is 369. The van der Waals surface area contributed by atoms with E-state index in [1.165, 1.54) is 12.1 Å². The number of rotatable bonds is 6. The van der Waals surface area contributed by atoms with E-state index in [0.717, 1.165) is 19.4 Å². The minimum atomic E-state index is -0.248. The van der Waals surface area contributed by atoms with E-state index in [4.69, 9.17) is 9.47 Å². The third kappa shape index (κ3) is 3.00. The summed E-state index contributed by atoms with van der Waals surface area (Å²) in [7, 11) is 1.70. The fourth-order valence-electron chi connectivity index (χ4n) is 2.23. The van der Waals surface area contributed by atoms with Gasteiger partial charge in [-0.05, 0) is 37.2 Å². The van der Waals surface area contributed by atoms with E-state index in [-0.39, 0.29) is 18.0 Å². The van der Waals surface area contributed by atoms with Crippen molar-refractivity contribution in [2.45, 2.75) is 38.0 Å². The maximum absolute atomic E-state index is 12.8. The molecule has 1 aromatic carbocycles. The molecule has 0 spiro atoms. The van der Waals surface area contributed by atoms with Crippen LogP contribution in [0.15, 0.2) is 24.3 Å². The summed E-state index contributed by atoms with van der Waals surface area (Å²) >= 11 is 0. The first-order valence-corrected chi connectivity index (χ1v) is 6.43. The molecule has 18 heavy (non-hydrogen) atoms. The van der Waals surface area contributed by atoms with E-state index in [1.807, 2.05) is 0 Å². The lowest BCUT2D eigenvalue weighted by atomic mass is 9.85. The van der Waals surface area contributed by atoms with Gasteiger partial charge in [-0.15, -0.1) is 0 Å². The molecule has 1 aliphatic carbocycles. The number of benzene rings is 1. The second-order valence-electron chi connectivity index (χ2n) is 4.61. The van der Waals surface area contributed by atoms with Gasteiger partial charge in [0.2, 0.25) is 0 Å². The van der Waals surface area contributed by atoms with Crippen molar-refractivity contribution in [1.29, 1.82) is 0 Å². The summed E-state index contributed by atoms with van der Waals surface area (Å²) in [6.45, 7) is 3.13. The standard InChI is InChI=1S/C14H20FNO2/c1-3-8-16-12-9-13(14(12)17-2)18-11-6-4-10(15)5-7-11/h4-7,12-14,16H,3,8-9H2,1-2H3. The van der Waals surface area contributed by atoms with Crippen LogP contribution in [-0.4, -0.2) is 31.9 Å². The van der Waals surface area contributed by atoms with Crippen molar-refractivity contribution in [3.8, 4) is 5.75 Å². The lowest BCUT2D eigenvalue weighted by molar-refractivity contribution is -0.0887. The zero-order valence-corrected chi connectivity index (χ0v) is 10.9. The number of nitrogens with one attached hydrogen (secondary N) is 1. The Kier molecular flexibility index (Phi) is 4.55. The van der Waals surface area contributed by atoms with Gasteiger partial charge in [-0.1, -0.05) is 6.92 Å². The van der Waals surface area contributed by atoms with Crippen molar-refractivity contribution in [2.75, 3.05) is 13.7 Å². The first-order valence-electron chi connectivity index (χ1n) is 6.43. The van der Waals surface area contributed by atoms with Crippen LogP contribution >= 0.6 is 0 Å². The summed E-state index contributed by atoms with van der Waals surface area (Å²) in [5.74, 6) is 0.444. The minimum Gasteiger partial charge on any atom is -0.488 e. The molecule has 3 atom stereocenters. The Morgan fingerprint density at radius 3 is 2.67 bits per heavy atom. The van der Waals surface area contributed by atoms with Crippen molar-refractivity contribution in [3.63, 3.8) is 0 Å². The minimum absolute atomic E-state index is 0.0508. The van der Waals surface area contributed by atoms with Crippen LogP contribution in [0.4, 0.5) is 4.39 Å². The molecule has 3 unspecified atom stereocenters. The third-order valence-electron chi connectivity index (χ3n) is 3.28. The molecular formula is C14H20FNO2. The van der Waals surface area contributed by atoms with Crippen LogP contribution in [0, 0.1) is 5.82 Å². The molecule has 2 rings (SSSR count). The third-order valence-corrected chi connectivity index (χ3v) is 3.28. The van der Waals surface area contributed by atoms with Crippen molar-refractivity contribution >= 4 is 0 Å². The van der Waals surface area contributed by atoms with E-state index in [0.29, 0.717) is 11.8 Å². The highest BCUT2D eigenvalue weighted by atomic mass is 19.1. The highest BCUT2D eigenvalue weighted by Gasteiger charge is 2.42. The van der Waals surface area contributed by atoms with Gasteiger partial charge in [0, 0.05) is 19.6 Å². The van der Waals surface area contributed by atoms with Gasteiger partial charge < -0.3 is 14.8 Å². The molecule has 1 aliphatic rings. The van der Waals surface area contributed by atoms with Crippen LogP contribution in [0.5, 0.6) is 5.75 Å². The number of hydrogen-bond acceptors (Lipinski definition) is 3. The van der Waals surface area contributed by atoms with Crippen molar-refractivity contribution < 1.29 is 13.9 Å². The van der Waals surface area contributed by atoms with Gasteiger partial charge in [-0.25, -0.2) is 4.39 Å². The van der Waals surface area contributed by atoms with Gasteiger partial charge in [-0.2, -0.15) is 0 Å². The van der Waals surface area contributed by atoms with Gasteiger partial charge in [0.05, 0.1) is 0 Å². The fourth-order valence-corrected chi connectivity index (χ4v) is 2.23. The summed E-state index contributed by atoms with van der Waals surface area (Å²) in [5.41, 5.74) is 0. The molecule has 1 aromatic rings. The second-order valence-corrected chi connectivity index (χ2v) is 4.61. The van der Waals surface area contributed by atoms with Crippen LogP contribution in [0.3, 0.4) is 0 Å². The van der Waals surface area contributed by atoms with Gasteiger partial charge in [0.1, 0.15) is 23.8 Å². The van der Waals surface area contributed by atoms with E-state index >= 15 is 0 Å². The molecule has 0 radical (unpaired) electrons. The quantitative estimate of drug-likeness (QED) is 0.844. The maximum atomic E-state index is 12.8. The zero-order valence-electron chi connectivity index (χ0n) is 10.9. The molecule has 1 N–H and O–H groups in total. The average Bonchev–Trinajstić information content (AvgIpc) is 2.35. The average molecular weight is 253 g/mol. The Labute approximate surface area is 107 Å². The molecule has 0 heterocycles. The first kappa shape index (κ1) is 13.3. The van der Waals surface area contributed by atoms with Crippen molar-refractivity contribution in [2.24, 2.45) is 0 Å². The number of methoxy groups -OCH3 is 1. The molecule has 0 aromatic heterocycles. The summed E-state index contributed by atoms with van der Waals surface area (Å²) in [4.78, 5) is 0. The van der Waals surface area contributed by atoms with Gasteiger partial charge in [0.25, 0.3) is 0 Å². The Balaban J connectivity index is 1.85. The molecule has 0 bridgehead atoms. The SMILES string of the molecule is CCCNC1CC(Oc2ccc(F)cc2)C1OC. The number of hydrogen-bond donors (Lipinski definition) is 1. The van der Waals surface area contributed by atoms with E-state index in [1.54, 1.807) is 19.2 Å². The van der Waals surface area contributed by atoms with Crippen molar-refractivity contribution in [3.05, 3.63) is 30.1 Å². The maximum Gasteiger partial charge on any atom is 0.128 e. The largest absolute Gasteiger partial charge is 0.488 e. The Hall–Kier alpha value is -1.13.